The summed E-state index contributed by atoms with van der Waals surface area (Å²) in [7, 11) is 0. The summed E-state index contributed by atoms with van der Waals surface area (Å²) in [5.41, 5.74) is 5.63. The summed E-state index contributed by atoms with van der Waals surface area (Å²) in [6.45, 7) is 4.24. The summed E-state index contributed by atoms with van der Waals surface area (Å²) in [5.74, 6) is 1.65. The van der Waals surface area contributed by atoms with Crippen molar-refractivity contribution in [3.8, 4) is 5.95 Å². The molecule has 29 heavy (non-hydrogen) atoms. The molecule has 0 fully saturated rings. The van der Waals surface area contributed by atoms with Gasteiger partial charge in [0.25, 0.3) is 0 Å². The second-order valence-corrected chi connectivity index (χ2v) is 7.77. The average molecular weight is 385 g/mol. The minimum absolute atomic E-state index is 0.133. The number of imidazole rings is 1. The molecule has 1 unspecified atom stereocenters. The Labute approximate surface area is 169 Å². The number of nitrogens with zero attached hydrogens (tertiary/aromatic N) is 3. The van der Waals surface area contributed by atoms with Gasteiger partial charge in [-0.3, -0.25) is 4.79 Å². The van der Waals surface area contributed by atoms with Gasteiger partial charge in [0, 0.05) is 12.1 Å². The molecule has 6 nitrogen and oxygen atoms in total. The Morgan fingerprint density at radius 3 is 2.69 bits per heavy atom. The highest BCUT2D eigenvalue weighted by Crippen LogP contribution is 2.33. The molecule has 0 spiro atoms. The largest absolute Gasteiger partial charge is 0.338 e. The molecule has 0 amide bonds. The first kappa shape index (κ1) is 17.7. The lowest BCUT2D eigenvalue weighted by Crippen LogP contribution is -2.20. The topological polar surface area (TPSA) is 75.6 Å². The molecule has 4 aromatic rings. The number of aromatic amines is 1. The molecular weight excluding hydrogens is 362 g/mol. The van der Waals surface area contributed by atoms with Gasteiger partial charge in [-0.15, -0.1) is 5.10 Å². The number of aryl methyl sites for hydroxylation is 1. The number of rotatable bonds is 4. The molecule has 2 heterocycles. The molecule has 1 aliphatic carbocycles. The normalized spacial score (nSPS) is 16.2. The van der Waals surface area contributed by atoms with Crippen molar-refractivity contribution >= 4 is 28.3 Å². The number of benzene rings is 2. The van der Waals surface area contributed by atoms with Gasteiger partial charge in [-0.05, 0) is 48.6 Å². The van der Waals surface area contributed by atoms with Crippen LogP contribution in [0.25, 0.3) is 17.0 Å². The first-order valence-corrected chi connectivity index (χ1v) is 10.1. The zero-order chi connectivity index (χ0) is 20.0. The first-order chi connectivity index (χ1) is 14.1. The van der Waals surface area contributed by atoms with Crippen LogP contribution in [0.2, 0.25) is 0 Å². The summed E-state index contributed by atoms with van der Waals surface area (Å²) in [6, 6.07) is 16.1. The summed E-state index contributed by atoms with van der Waals surface area (Å²) >= 11 is 0. The van der Waals surface area contributed by atoms with Gasteiger partial charge in [-0.25, -0.2) is 9.67 Å². The van der Waals surface area contributed by atoms with Crippen LogP contribution in [-0.2, 0) is 12.8 Å². The summed E-state index contributed by atoms with van der Waals surface area (Å²) < 4.78 is 1.80. The molecule has 2 aromatic carbocycles. The monoisotopic (exact) mass is 385 g/mol. The highest BCUT2D eigenvalue weighted by atomic mass is 16.1. The number of hydrogen-bond acceptors (Lipinski definition) is 4. The van der Waals surface area contributed by atoms with E-state index in [0.717, 1.165) is 35.3 Å². The highest BCUT2D eigenvalue weighted by Gasteiger charge is 2.31. The van der Waals surface area contributed by atoms with Crippen molar-refractivity contribution in [3.05, 3.63) is 65.4 Å². The lowest BCUT2D eigenvalue weighted by Gasteiger charge is -2.18. The quantitative estimate of drug-likeness (QED) is 0.528. The first-order valence-electron chi connectivity index (χ1n) is 10.1. The van der Waals surface area contributed by atoms with Crippen LogP contribution in [0.1, 0.15) is 41.9 Å². The number of ketones is 1. The summed E-state index contributed by atoms with van der Waals surface area (Å²) in [6.07, 6.45) is 2.33. The van der Waals surface area contributed by atoms with Crippen LogP contribution in [0.15, 0.2) is 48.5 Å². The lowest BCUT2D eigenvalue weighted by molar-refractivity contribution is 0.0953. The van der Waals surface area contributed by atoms with Gasteiger partial charge < -0.3 is 10.3 Å². The number of carbonyl (C=O) groups is 1. The fourth-order valence-electron chi connectivity index (χ4n) is 4.02. The van der Waals surface area contributed by atoms with Crippen LogP contribution in [-0.4, -0.2) is 25.5 Å². The third-order valence-electron chi connectivity index (χ3n) is 5.54. The van der Waals surface area contributed by atoms with E-state index in [0.29, 0.717) is 23.8 Å². The van der Waals surface area contributed by atoms with Gasteiger partial charge in [0.05, 0.1) is 22.3 Å². The van der Waals surface area contributed by atoms with E-state index in [-0.39, 0.29) is 11.7 Å². The molecule has 146 valence electrons. The van der Waals surface area contributed by atoms with Gasteiger partial charge in [0.15, 0.2) is 11.6 Å². The Hall–Kier alpha value is -3.41. The van der Waals surface area contributed by atoms with Crippen molar-refractivity contribution < 1.29 is 4.79 Å². The third-order valence-corrected chi connectivity index (χ3v) is 5.54. The van der Waals surface area contributed by atoms with Gasteiger partial charge in [-0.1, -0.05) is 38.1 Å². The van der Waals surface area contributed by atoms with E-state index in [1.807, 2.05) is 36.4 Å². The zero-order valence-electron chi connectivity index (χ0n) is 16.6. The van der Waals surface area contributed by atoms with E-state index in [9.17, 15) is 4.79 Å². The SMILES string of the molecule is CCc1ccc(Nc2nn(-c3nc4ccccc4[nH]3)c3c2C(=O)CC(C)C3)cc1. The van der Waals surface area contributed by atoms with Crippen LogP contribution < -0.4 is 5.32 Å². The maximum absolute atomic E-state index is 12.9. The fraction of sp³-hybridized carbons (Fsp3) is 0.261. The fourth-order valence-corrected chi connectivity index (χ4v) is 4.02. The van der Waals surface area contributed by atoms with Gasteiger partial charge >= 0.3 is 0 Å². The van der Waals surface area contributed by atoms with E-state index in [1.165, 1.54) is 5.56 Å². The second-order valence-electron chi connectivity index (χ2n) is 7.77. The number of carbonyl (C=O) groups excluding carboxylic acids is 1. The van der Waals surface area contributed by atoms with Crippen LogP contribution >= 0.6 is 0 Å². The van der Waals surface area contributed by atoms with Crippen LogP contribution in [0, 0.1) is 5.92 Å². The number of anilines is 2. The maximum Gasteiger partial charge on any atom is 0.229 e. The van der Waals surface area contributed by atoms with Crippen molar-refractivity contribution in [1.29, 1.82) is 0 Å². The predicted molar refractivity (Wildman–Crippen MR) is 114 cm³/mol. The maximum atomic E-state index is 12.9. The molecule has 1 atom stereocenters. The molecule has 2 N–H and O–H groups in total. The number of aromatic nitrogens is 4. The summed E-state index contributed by atoms with van der Waals surface area (Å²) in [5, 5.41) is 8.13. The molecule has 1 aliphatic rings. The Bertz CT molecular complexity index is 1170. The molecule has 0 saturated carbocycles. The van der Waals surface area contributed by atoms with Crippen molar-refractivity contribution in [2.24, 2.45) is 5.92 Å². The smallest absolute Gasteiger partial charge is 0.229 e. The molecule has 2 aromatic heterocycles. The van der Waals surface area contributed by atoms with E-state index in [4.69, 9.17) is 10.1 Å². The molecule has 0 bridgehead atoms. The Balaban J connectivity index is 1.61. The Morgan fingerprint density at radius 2 is 1.93 bits per heavy atom. The van der Waals surface area contributed by atoms with E-state index in [2.05, 4.69) is 36.3 Å². The van der Waals surface area contributed by atoms with Crippen LogP contribution in [0.5, 0.6) is 0 Å². The van der Waals surface area contributed by atoms with E-state index < -0.39 is 0 Å². The average Bonchev–Trinajstić information content (AvgIpc) is 3.30. The van der Waals surface area contributed by atoms with Crippen LogP contribution in [0.3, 0.4) is 0 Å². The van der Waals surface area contributed by atoms with Crippen molar-refractivity contribution in [3.63, 3.8) is 0 Å². The molecule has 6 heteroatoms. The van der Waals surface area contributed by atoms with E-state index >= 15 is 0 Å². The number of fused-ring (bicyclic) bond motifs is 2. The molecule has 0 radical (unpaired) electrons. The second kappa shape index (κ2) is 6.88. The van der Waals surface area contributed by atoms with Gasteiger partial charge in [-0.2, -0.15) is 0 Å². The molecular formula is C23H23N5O. The number of Topliss-reactive ketones (excluding diaryl/α,β-unsaturated/α-hetero) is 1. The standard InChI is InChI=1S/C23H23N5O/c1-3-15-8-10-16(11-9-15)24-22-21-19(12-14(2)13-20(21)29)28(27-22)23-25-17-6-4-5-7-18(17)26-23/h4-11,14H,3,12-13H2,1-2H3,(H,24,27)(H,25,26). The number of nitrogens with one attached hydrogen (secondary N) is 2. The van der Waals surface area contributed by atoms with Crippen molar-refractivity contribution in [2.75, 3.05) is 5.32 Å². The number of para-hydroxylation sites is 2. The molecule has 0 saturated heterocycles. The Kier molecular flexibility index (Phi) is 4.19. The summed E-state index contributed by atoms with van der Waals surface area (Å²) in [4.78, 5) is 20.9. The highest BCUT2D eigenvalue weighted by molar-refractivity contribution is 6.03. The molecule has 0 aliphatic heterocycles. The van der Waals surface area contributed by atoms with Gasteiger partial charge in [0.2, 0.25) is 5.95 Å². The van der Waals surface area contributed by atoms with Gasteiger partial charge in [0.1, 0.15) is 0 Å². The third kappa shape index (κ3) is 3.10. The minimum atomic E-state index is 0.133. The number of H-pyrrole nitrogens is 1. The van der Waals surface area contributed by atoms with Crippen LogP contribution in [0.4, 0.5) is 11.5 Å². The Morgan fingerprint density at radius 1 is 1.14 bits per heavy atom. The number of hydrogen-bond donors (Lipinski definition) is 2. The minimum Gasteiger partial charge on any atom is -0.338 e. The lowest BCUT2D eigenvalue weighted by atomic mass is 9.88. The van der Waals surface area contributed by atoms with Crippen molar-refractivity contribution in [2.45, 2.75) is 33.1 Å². The van der Waals surface area contributed by atoms with Crippen molar-refractivity contribution in [1.82, 2.24) is 19.7 Å². The predicted octanol–water partition coefficient (Wildman–Crippen LogP) is 4.82. The zero-order valence-corrected chi connectivity index (χ0v) is 16.6. The van der Waals surface area contributed by atoms with E-state index in [1.54, 1.807) is 4.68 Å². The molecule has 5 rings (SSSR count).